The molecule has 2 aromatic carbocycles. The fourth-order valence-electron chi connectivity index (χ4n) is 4.65. The zero-order chi connectivity index (χ0) is 25.0. The second-order valence-electron chi connectivity index (χ2n) is 9.13. The van der Waals surface area contributed by atoms with Gasteiger partial charge in [-0.1, -0.05) is 25.0 Å². The molecule has 0 saturated carbocycles. The highest BCUT2D eigenvalue weighted by molar-refractivity contribution is 7.89. The highest BCUT2D eigenvalue weighted by Crippen LogP contribution is 2.31. The summed E-state index contributed by atoms with van der Waals surface area (Å²) in [6, 6.07) is 11.5. The Morgan fingerprint density at radius 1 is 0.943 bits per heavy atom. The van der Waals surface area contributed by atoms with Gasteiger partial charge in [0.05, 0.1) is 4.90 Å². The summed E-state index contributed by atoms with van der Waals surface area (Å²) >= 11 is 0. The Morgan fingerprint density at radius 3 is 2.40 bits per heavy atom. The Bertz CT molecular complexity index is 1230. The number of carbonyl (C=O) groups excluding carboxylic acids is 3. The van der Waals surface area contributed by atoms with Crippen LogP contribution in [0.3, 0.4) is 0 Å². The number of amides is 2. The molecular formula is C26H31N3O5S. The predicted octanol–water partition coefficient (Wildman–Crippen LogP) is 3.76. The van der Waals surface area contributed by atoms with Crippen molar-refractivity contribution in [3.63, 3.8) is 0 Å². The van der Waals surface area contributed by atoms with E-state index in [9.17, 15) is 22.8 Å². The van der Waals surface area contributed by atoms with Crippen LogP contribution in [0.5, 0.6) is 0 Å². The van der Waals surface area contributed by atoms with E-state index in [0.717, 1.165) is 31.2 Å². The number of fused-ring (bicyclic) bond motifs is 1. The quantitative estimate of drug-likeness (QED) is 0.612. The molecule has 2 heterocycles. The monoisotopic (exact) mass is 497 g/mol. The topological polar surface area (TPSA) is 104 Å². The van der Waals surface area contributed by atoms with Gasteiger partial charge in [-0.2, -0.15) is 4.31 Å². The SMILES string of the molecule is CC(=O)c1cccc(NC(=O)CN2C(=O)CCCc3cc(S(=O)(=O)N4CCCCCC4)ccc32)c1. The molecule has 1 saturated heterocycles. The van der Waals surface area contributed by atoms with Crippen LogP contribution >= 0.6 is 0 Å². The fraction of sp³-hybridized carbons (Fsp3) is 0.423. The molecule has 0 aromatic heterocycles. The first-order chi connectivity index (χ1) is 16.8. The normalized spacial score (nSPS) is 17.3. The number of anilines is 2. The van der Waals surface area contributed by atoms with E-state index in [1.165, 1.54) is 11.8 Å². The number of aryl methyl sites for hydroxylation is 1. The van der Waals surface area contributed by atoms with Crippen LogP contribution in [-0.2, 0) is 26.0 Å². The molecule has 2 aromatic rings. The summed E-state index contributed by atoms with van der Waals surface area (Å²) in [6.07, 6.45) is 5.20. The standard InChI is InChI=1S/C26H31N3O5S/c1-19(30)20-8-6-10-22(16-20)27-25(31)18-29-24-13-12-23(17-21(24)9-7-11-26(29)32)35(33,34)28-14-4-2-3-5-15-28/h6,8,10,12-13,16-17H,2-5,7,9,11,14-15,18H2,1H3,(H,27,31). The second kappa shape index (κ2) is 10.7. The van der Waals surface area contributed by atoms with Gasteiger partial charge >= 0.3 is 0 Å². The largest absolute Gasteiger partial charge is 0.325 e. The van der Waals surface area contributed by atoms with Crippen molar-refractivity contribution < 1.29 is 22.8 Å². The summed E-state index contributed by atoms with van der Waals surface area (Å²) in [5.74, 6) is -0.684. The maximum absolute atomic E-state index is 13.3. The van der Waals surface area contributed by atoms with Gasteiger partial charge in [-0.25, -0.2) is 8.42 Å². The molecule has 2 amide bonds. The van der Waals surface area contributed by atoms with Crippen LogP contribution < -0.4 is 10.2 Å². The summed E-state index contributed by atoms with van der Waals surface area (Å²) in [6.45, 7) is 2.30. The van der Waals surface area contributed by atoms with E-state index in [4.69, 9.17) is 0 Å². The smallest absolute Gasteiger partial charge is 0.244 e. The molecule has 0 unspecified atom stereocenters. The van der Waals surface area contributed by atoms with Crippen molar-refractivity contribution >= 4 is 39.0 Å². The molecule has 1 fully saturated rings. The summed E-state index contributed by atoms with van der Waals surface area (Å²) in [5, 5.41) is 2.75. The van der Waals surface area contributed by atoms with Crippen LogP contribution in [-0.4, -0.2) is 50.0 Å². The summed E-state index contributed by atoms with van der Waals surface area (Å²) in [5.41, 5.74) is 2.27. The molecular weight excluding hydrogens is 466 g/mol. The van der Waals surface area contributed by atoms with Crippen molar-refractivity contribution in [1.29, 1.82) is 0 Å². The zero-order valence-electron chi connectivity index (χ0n) is 20.0. The summed E-state index contributed by atoms with van der Waals surface area (Å²) < 4.78 is 28.1. The van der Waals surface area contributed by atoms with Crippen LogP contribution in [0.2, 0.25) is 0 Å². The molecule has 2 aliphatic rings. The molecule has 0 aliphatic carbocycles. The number of carbonyl (C=O) groups is 3. The van der Waals surface area contributed by atoms with Gasteiger partial charge in [0.15, 0.2) is 5.78 Å². The number of nitrogens with one attached hydrogen (secondary N) is 1. The van der Waals surface area contributed by atoms with E-state index in [-0.39, 0.29) is 29.6 Å². The van der Waals surface area contributed by atoms with Crippen LogP contribution in [0, 0.1) is 0 Å². The van der Waals surface area contributed by atoms with Gasteiger partial charge in [0.25, 0.3) is 0 Å². The van der Waals surface area contributed by atoms with Crippen molar-refractivity contribution in [3.05, 3.63) is 53.6 Å². The molecule has 1 N–H and O–H groups in total. The minimum atomic E-state index is -3.61. The van der Waals surface area contributed by atoms with Crippen LogP contribution in [0.25, 0.3) is 0 Å². The molecule has 186 valence electrons. The summed E-state index contributed by atoms with van der Waals surface area (Å²) in [7, 11) is -3.61. The van der Waals surface area contributed by atoms with E-state index in [1.54, 1.807) is 46.8 Å². The van der Waals surface area contributed by atoms with Crippen LogP contribution in [0.1, 0.15) is 61.4 Å². The van der Waals surface area contributed by atoms with Crippen molar-refractivity contribution in [1.82, 2.24) is 4.31 Å². The average molecular weight is 498 g/mol. The fourth-order valence-corrected chi connectivity index (χ4v) is 6.22. The van der Waals surface area contributed by atoms with E-state index in [1.807, 2.05) is 0 Å². The molecule has 9 heteroatoms. The molecule has 4 rings (SSSR count). The van der Waals surface area contributed by atoms with Crippen molar-refractivity contribution in [2.45, 2.75) is 56.8 Å². The van der Waals surface area contributed by atoms with Crippen molar-refractivity contribution in [2.75, 3.05) is 29.9 Å². The minimum absolute atomic E-state index is 0.108. The number of benzene rings is 2. The highest BCUT2D eigenvalue weighted by atomic mass is 32.2. The summed E-state index contributed by atoms with van der Waals surface area (Å²) in [4.78, 5) is 38.9. The van der Waals surface area contributed by atoms with Crippen LogP contribution in [0.4, 0.5) is 11.4 Å². The average Bonchev–Trinajstić information content (AvgIpc) is 3.19. The van der Waals surface area contributed by atoms with E-state index >= 15 is 0 Å². The minimum Gasteiger partial charge on any atom is -0.325 e. The third-order valence-corrected chi connectivity index (χ3v) is 8.43. The molecule has 8 nitrogen and oxygen atoms in total. The number of hydrogen-bond donors (Lipinski definition) is 1. The Morgan fingerprint density at radius 2 is 1.69 bits per heavy atom. The van der Waals surface area contributed by atoms with Gasteiger partial charge in [-0.3, -0.25) is 14.4 Å². The third-order valence-electron chi connectivity index (χ3n) is 6.54. The lowest BCUT2D eigenvalue weighted by molar-refractivity contribution is -0.121. The Kier molecular flexibility index (Phi) is 7.66. The van der Waals surface area contributed by atoms with Gasteiger partial charge in [0.2, 0.25) is 21.8 Å². The molecule has 0 bridgehead atoms. The maximum atomic E-state index is 13.3. The van der Waals surface area contributed by atoms with E-state index in [0.29, 0.717) is 42.9 Å². The number of hydrogen-bond acceptors (Lipinski definition) is 5. The lowest BCUT2D eigenvalue weighted by Crippen LogP contribution is -2.38. The Hall–Kier alpha value is -3.04. The van der Waals surface area contributed by atoms with Gasteiger partial charge in [0.1, 0.15) is 6.54 Å². The van der Waals surface area contributed by atoms with Crippen molar-refractivity contribution in [2.24, 2.45) is 0 Å². The molecule has 0 atom stereocenters. The first-order valence-electron chi connectivity index (χ1n) is 12.1. The Balaban J connectivity index is 1.56. The maximum Gasteiger partial charge on any atom is 0.244 e. The van der Waals surface area contributed by atoms with Crippen molar-refractivity contribution in [3.8, 4) is 0 Å². The number of sulfonamides is 1. The van der Waals surface area contributed by atoms with E-state index < -0.39 is 15.9 Å². The first-order valence-corrected chi connectivity index (χ1v) is 13.5. The predicted molar refractivity (Wildman–Crippen MR) is 134 cm³/mol. The number of nitrogens with zero attached hydrogens (tertiary/aromatic N) is 2. The zero-order valence-corrected chi connectivity index (χ0v) is 20.8. The molecule has 0 spiro atoms. The Labute approximate surface area is 206 Å². The first kappa shape index (κ1) is 25.1. The van der Waals surface area contributed by atoms with E-state index in [2.05, 4.69) is 5.32 Å². The van der Waals surface area contributed by atoms with Gasteiger partial charge < -0.3 is 10.2 Å². The number of rotatable bonds is 6. The number of Topliss-reactive ketones (excluding diaryl/α,β-unsaturated/α-hetero) is 1. The highest BCUT2D eigenvalue weighted by Gasteiger charge is 2.29. The number of ketones is 1. The lowest BCUT2D eigenvalue weighted by atomic mass is 10.1. The molecule has 2 aliphatic heterocycles. The van der Waals surface area contributed by atoms with Crippen LogP contribution in [0.15, 0.2) is 47.4 Å². The van der Waals surface area contributed by atoms with Gasteiger partial charge in [-0.15, -0.1) is 0 Å². The third kappa shape index (κ3) is 5.79. The molecule has 35 heavy (non-hydrogen) atoms. The van der Waals surface area contributed by atoms with Gasteiger partial charge in [0, 0.05) is 36.4 Å². The second-order valence-corrected chi connectivity index (χ2v) is 11.1. The van der Waals surface area contributed by atoms with Gasteiger partial charge in [-0.05, 0) is 68.5 Å². The molecule has 0 radical (unpaired) electrons. The lowest BCUT2D eigenvalue weighted by Gasteiger charge is -2.24.